The fourth-order valence-corrected chi connectivity index (χ4v) is 3.15. The molecule has 0 aliphatic heterocycles. The monoisotopic (exact) mass is 254 g/mol. The van der Waals surface area contributed by atoms with Crippen molar-refractivity contribution in [3.8, 4) is 0 Å². The Labute approximate surface area is 103 Å². The van der Waals surface area contributed by atoms with E-state index in [1.54, 1.807) is 43.3 Å². The van der Waals surface area contributed by atoms with Crippen LogP contribution in [0.2, 0.25) is 0 Å². The summed E-state index contributed by atoms with van der Waals surface area (Å²) in [5.41, 5.74) is 0. The average molecular weight is 254 g/mol. The smallest absolute Gasteiger partial charge is 0.184 e. The Kier molecular flexibility index (Phi) is 4.90. The Hall–Kier alpha value is -1.13. The van der Waals surface area contributed by atoms with Gasteiger partial charge in [-0.25, -0.2) is 8.42 Å². The van der Waals surface area contributed by atoms with Crippen molar-refractivity contribution in [2.75, 3.05) is 0 Å². The van der Waals surface area contributed by atoms with Crippen molar-refractivity contribution in [3.05, 3.63) is 42.5 Å². The molecule has 0 bridgehead atoms. The minimum Gasteiger partial charge on any atom is -0.389 e. The SMILES string of the molecule is CC[C@@H](/C=C/[C@@H](C)O)S(=O)(=O)c1ccccc1. The topological polar surface area (TPSA) is 54.4 Å². The van der Waals surface area contributed by atoms with Crippen LogP contribution < -0.4 is 0 Å². The van der Waals surface area contributed by atoms with E-state index in [2.05, 4.69) is 0 Å². The summed E-state index contributed by atoms with van der Waals surface area (Å²) < 4.78 is 24.5. The van der Waals surface area contributed by atoms with Gasteiger partial charge in [0, 0.05) is 0 Å². The van der Waals surface area contributed by atoms with E-state index in [9.17, 15) is 8.42 Å². The van der Waals surface area contributed by atoms with Crippen LogP contribution in [0, 0.1) is 0 Å². The Morgan fingerprint density at radius 1 is 1.24 bits per heavy atom. The summed E-state index contributed by atoms with van der Waals surface area (Å²) in [6.45, 7) is 3.41. The molecule has 0 heterocycles. The van der Waals surface area contributed by atoms with E-state index in [-0.39, 0.29) is 0 Å². The highest BCUT2D eigenvalue weighted by molar-refractivity contribution is 7.92. The number of rotatable bonds is 5. The molecule has 0 saturated carbocycles. The quantitative estimate of drug-likeness (QED) is 0.819. The van der Waals surface area contributed by atoms with Crippen molar-refractivity contribution in [1.29, 1.82) is 0 Å². The molecule has 1 N–H and O–H groups in total. The maximum absolute atomic E-state index is 12.2. The number of hydrogen-bond acceptors (Lipinski definition) is 3. The molecule has 17 heavy (non-hydrogen) atoms. The standard InChI is InChI=1S/C13H18O3S/c1-3-12(10-9-11(2)14)17(15,16)13-7-5-4-6-8-13/h4-12,14H,3H2,1-2H3/b10-9+/t11-,12+/m1/s1. The second-order valence-electron chi connectivity index (χ2n) is 3.93. The van der Waals surface area contributed by atoms with Gasteiger partial charge in [-0.2, -0.15) is 0 Å². The van der Waals surface area contributed by atoms with E-state index < -0.39 is 21.2 Å². The lowest BCUT2D eigenvalue weighted by atomic mass is 10.2. The Morgan fingerprint density at radius 2 is 1.82 bits per heavy atom. The van der Waals surface area contributed by atoms with Gasteiger partial charge in [-0.3, -0.25) is 0 Å². The number of sulfone groups is 1. The predicted octanol–water partition coefficient (Wildman–Crippen LogP) is 2.18. The van der Waals surface area contributed by atoms with Gasteiger partial charge < -0.3 is 5.11 Å². The van der Waals surface area contributed by atoms with Gasteiger partial charge in [0.05, 0.1) is 16.2 Å². The fourth-order valence-electron chi connectivity index (χ4n) is 1.53. The molecule has 0 radical (unpaired) electrons. The minimum absolute atomic E-state index is 0.321. The van der Waals surface area contributed by atoms with Gasteiger partial charge in [0.15, 0.2) is 9.84 Å². The van der Waals surface area contributed by atoms with Crippen molar-refractivity contribution < 1.29 is 13.5 Å². The van der Waals surface area contributed by atoms with E-state index in [4.69, 9.17) is 5.11 Å². The summed E-state index contributed by atoms with van der Waals surface area (Å²) >= 11 is 0. The first-order chi connectivity index (χ1) is 7.98. The average Bonchev–Trinajstić information content (AvgIpc) is 2.30. The van der Waals surface area contributed by atoms with E-state index in [0.29, 0.717) is 11.3 Å². The minimum atomic E-state index is -3.34. The van der Waals surface area contributed by atoms with E-state index >= 15 is 0 Å². The third-order valence-electron chi connectivity index (χ3n) is 2.48. The number of aliphatic hydroxyl groups excluding tert-OH is 1. The van der Waals surface area contributed by atoms with E-state index in [0.717, 1.165) is 0 Å². The van der Waals surface area contributed by atoms with Crippen LogP contribution in [0.1, 0.15) is 20.3 Å². The van der Waals surface area contributed by atoms with Gasteiger partial charge >= 0.3 is 0 Å². The van der Waals surface area contributed by atoms with Crippen LogP contribution in [-0.4, -0.2) is 24.9 Å². The van der Waals surface area contributed by atoms with Gasteiger partial charge in [-0.1, -0.05) is 37.3 Å². The number of aliphatic hydroxyl groups is 1. The van der Waals surface area contributed by atoms with E-state index in [1.165, 1.54) is 6.08 Å². The zero-order chi connectivity index (χ0) is 12.9. The van der Waals surface area contributed by atoms with Crippen molar-refractivity contribution in [2.24, 2.45) is 0 Å². The molecule has 94 valence electrons. The van der Waals surface area contributed by atoms with Crippen LogP contribution in [0.15, 0.2) is 47.4 Å². The van der Waals surface area contributed by atoms with Crippen LogP contribution in [0.3, 0.4) is 0 Å². The van der Waals surface area contributed by atoms with Gasteiger partial charge in [0.1, 0.15) is 0 Å². The van der Waals surface area contributed by atoms with Crippen LogP contribution in [0.4, 0.5) is 0 Å². The summed E-state index contributed by atoms with van der Waals surface area (Å²) in [7, 11) is -3.34. The largest absolute Gasteiger partial charge is 0.389 e. The van der Waals surface area contributed by atoms with Crippen molar-refractivity contribution >= 4 is 9.84 Å². The molecule has 3 nitrogen and oxygen atoms in total. The molecule has 1 aromatic carbocycles. The van der Waals surface area contributed by atoms with Crippen LogP contribution in [-0.2, 0) is 9.84 Å². The first-order valence-electron chi connectivity index (χ1n) is 5.63. The zero-order valence-corrected chi connectivity index (χ0v) is 10.9. The lowest BCUT2D eigenvalue weighted by molar-refractivity contribution is 0.244. The van der Waals surface area contributed by atoms with Gasteiger partial charge in [-0.05, 0) is 25.5 Å². The lowest BCUT2D eigenvalue weighted by Crippen LogP contribution is -2.18. The molecule has 0 aromatic heterocycles. The molecule has 0 unspecified atom stereocenters. The highest BCUT2D eigenvalue weighted by atomic mass is 32.2. The van der Waals surface area contributed by atoms with Gasteiger partial charge in [-0.15, -0.1) is 0 Å². The van der Waals surface area contributed by atoms with Crippen molar-refractivity contribution in [3.63, 3.8) is 0 Å². The Bertz CT molecular complexity index is 461. The molecule has 2 atom stereocenters. The molecule has 1 rings (SSSR count). The lowest BCUT2D eigenvalue weighted by Gasteiger charge is -2.12. The predicted molar refractivity (Wildman–Crippen MR) is 68.5 cm³/mol. The third kappa shape index (κ3) is 3.68. The van der Waals surface area contributed by atoms with Crippen LogP contribution >= 0.6 is 0 Å². The molecule has 0 amide bonds. The molecule has 0 aliphatic rings. The van der Waals surface area contributed by atoms with E-state index in [1.807, 2.05) is 6.92 Å². The normalized spacial score (nSPS) is 15.9. The molecular weight excluding hydrogens is 236 g/mol. The Morgan fingerprint density at radius 3 is 2.29 bits per heavy atom. The maximum Gasteiger partial charge on any atom is 0.184 e. The number of hydrogen-bond donors (Lipinski definition) is 1. The second kappa shape index (κ2) is 5.98. The molecule has 4 heteroatoms. The van der Waals surface area contributed by atoms with Crippen LogP contribution in [0.25, 0.3) is 0 Å². The molecule has 0 spiro atoms. The fraction of sp³-hybridized carbons (Fsp3) is 0.385. The Balaban J connectivity index is 3.04. The molecule has 0 saturated heterocycles. The molecule has 0 aliphatic carbocycles. The summed E-state index contributed by atoms with van der Waals surface area (Å²) in [6, 6.07) is 8.38. The molecule has 0 fully saturated rings. The van der Waals surface area contributed by atoms with Crippen molar-refractivity contribution in [2.45, 2.75) is 36.5 Å². The summed E-state index contributed by atoms with van der Waals surface area (Å²) in [4.78, 5) is 0.321. The highest BCUT2D eigenvalue weighted by Crippen LogP contribution is 2.19. The maximum atomic E-state index is 12.2. The third-order valence-corrected chi connectivity index (χ3v) is 4.69. The summed E-state index contributed by atoms with van der Waals surface area (Å²) in [5, 5.41) is 8.57. The second-order valence-corrected chi connectivity index (χ2v) is 6.10. The summed E-state index contributed by atoms with van der Waals surface area (Å²) in [6.07, 6.45) is 2.93. The molecular formula is C13H18O3S. The van der Waals surface area contributed by atoms with Gasteiger partial charge in [0.25, 0.3) is 0 Å². The van der Waals surface area contributed by atoms with Crippen molar-refractivity contribution in [1.82, 2.24) is 0 Å². The summed E-state index contributed by atoms with van der Waals surface area (Å²) in [5.74, 6) is 0. The highest BCUT2D eigenvalue weighted by Gasteiger charge is 2.23. The van der Waals surface area contributed by atoms with Crippen LogP contribution in [0.5, 0.6) is 0 Å². The first-order valence-corrected chi connectivity index (χ1v) is 7.18. The van der Waals surface area contributed by atoms with Gasteiger partial charge in [0.2, 0.25) is 0 Å². The zero-order valence-electron chi connectivity index (χ0n) is 10.1. The number of benzene rings is 1. The first kappa shape index (κ1) is 13.9. The molecule has 1 aromatic rings.